The van der Waals surface area contributed by atoms with Crippen molar-refractivity contribution in [1.29, 1.82) is 0 Å². The van der Waals surface area contributed by atoms with E-state index in [0.717, 1.165) is 11.3 Å². The lowest BCUT2D eigenvalue weighted by Crippen LogP contribution is -2.14. The Kier molecular flexibility index (Phi) is 5.00. The second-order valence-corrected chi connectivity index (χ2v) is 7.21. The zero-order valence-corrected chi connectivity index (χ0v) is 14.5. The summed E-state index contributed by atoms with van der Waals surface area (Å²) in [6.07, 6.45) is 1.69. The first kappa shape index (κ1) is 17.0. The number of sulfonamides is 1. The van der Waals surface area contributed by atoms with E-state index in [9.17, 15) is 8.42 Å². The van der Waals surface area contributed by atoms with Gasteiger partial charge in [0.25, 0.3) is 10.0 Å². The van der Waals surface area contributed by atoms with E-state index in [4.69, 9.17) is 4.74 Å². The normalized spacial score (nSPS) is 11.1. The number of ether oxygens (including phenoxy) is 1. The Bertz CT molecular complexity index is 940. The maximum Gasteiger partial charge on any atom is 0.262 e. The lowest BCUT2D eigenvalue weighted by Gasteiger charge is -2.13. The summed E-state index contributed by atoms with van der Waals surface area (Å²) in [5.41, 5.74) is 2.15. The van der Waals surface area contributed by atoms with Gasteiger partial charge in [0, 0.05) is 6.20 Å². The SMILES string of the molecule is Cc1ccc(S(=O)(=O)Nc2ccccc2OCc2ccccn2)cc1. The quantitative estimate of drug-likeness (QED) is 0.732. The highest BCUT2D eigenvalue weighted by Gasteiger charge is 2.16. The first-order valence-electron chi connectivity index (χ1n) is 7.76. The number of aromatic nitrogens is 1. The molecular weight excluding hydrogens is 336 g/mol. The Balaban J connectivity index is 1.79. The molecule has 0 fully saturated rings. The number of rotatable bonds is 6. The molecule has 0 aliphatic heterocycles. The Morgan fingerprint density at radius 3 is 2.40 bits per heavy atom. The van der Waals surface area contributed by atoms with E-state index in [2.05, 4.69) is 9.71 Å². The molecule has 0 unspecified atom stereocenters. The van der Waals surface area contributed by atoms with Crippen LogP contribution in [0.2, 0.25) is 0 Å². The van der Waals surface area contributed by atoms with Crippen LogP contribution < -0.4 is 9.46 Å². The zero-order chi connectivity index (χ0) is 17.7. The van der Waals surface area contributed by atoms with Crippen LogP contribution in [0, 0.1) is 6.92 Å². The summed E-state index contributed by atoms with van der Waals surface area (Å²) >= 11 is 0. The van der Waals surface area contributed by atoms with Crippen LogP contribution in [0.25, 0.3) is 0 Å². The van der Waals surface area contributed by atoms with Crippen LogP contribution >= 0.6 is 0 Å². The topological polar surface area (TPSA) is 68.3 Å². The molecule has 25 heavy (non-hydrogen) atoms. The number of anilines is 1. The highest BCUT2D eigenvalue weighted by Crippen LogP contribution is 2.27. The fourth-order valence-corrected chi connectivity index (χ4v) is 3.30. The molecule has 1 N–H and O–H groups in total. The van der Waals surface area contributed by atoms with E-state index in [-0.39, 0.29) is 11.5 Å². The number of para-hydroxylation sites is 2. The van der Waals surface area contributed by atoms with Crippen molar-refractivity contribution in [3.63, 3.8) is 0 Å². The van der Waals surface area contributed by atoms with Crippen LogP contribution in [0.15, 0.2) is 77.8 Å². The number of hydrogen-bond acceptors (Lipinski definition) is 4. The minimum atomic E-state index is -3.68. The summed E-state index contributed by atoms with van der Waals surface area (Å²) in [4.78, 5) is 4.40. The number of pyridine rings is 1. The van der Waals surface area contributed by atoms with Gasteiger partial charge in [0.1, 0.15) is 12.4 Å². The predicted octanol–water partition coefficient (Wildman–Crippen LogP) is 3.77. The molecule has 0 atom stereocenters. The highest BCUT2D eigenvalue weighted by atomic mass is 32.2. The van der Waals surface area contributed by atoms with Gasteiger partial charge in [-0.3, -0.25) is 9.71 Å². The molecule has 0 aliphatic rings. The van der Waals surface area contributed by atoms with E-state index in [1.165, 1.54) is 0 Å². The summed E-state index contributed by atoms with van der Waals surface area (Å²) in [7, 11) is -3.68. The molecule has 1 heterocycles. The zero-order valence-electron chi connectivity index (χ0n) is 13.7. The molecule has 0 radical (unpaired) electrons. The molecule has 0 spiro atoms. The van der Waals surface area contributed by atoms with Gasteiger partial charge in [-0.1, -0.05) is 35.9 Å². The molecular formula is C19H18N2O3S. The van der Waals surface area contributed by atoms with Crippen LogP contribution in [0.4, 0.5) is 5.69 Å². The third kappa shape index (κ3) is 4.36. The fourth-order valence-electron chi connectivity index (χ4n) is 2.23. The Hall–Kier alpha value is -2.86. The molecule has 6 heteroatoms. The highest BCUT2D eigenvalue weighted by molar-refractivity contribution is 7.92. The van der Waals surface area contributed by atoms with Gasteiger partial charge in [-0.2, -0.15) is 0 Å². The van der Waals surface area contributed by atoms with Gasteiger partial charge in [0.2, 0.25) is 0 Å². The molecule has 0 saturated carbocycles. The molecule has 3 aromatic rings. The Morgan fingerprint density at radius 2 is 1.68 bits per heavy atom. The number of hydrogen-bond donors (Lipinski definition) is 1. The molecule has 5 nitrogen and oxygen atoms in total. The average Bonchev–Trinajstić information content (AvgIpc) is 2.62. The molecule has 1 aromatic heterocycles. The average molecular weight is 354 g/mol. The van der Waals surface area contributed by atoms with Crippen molar-refractivity contribution in [2.24, 2.45) is 0 Å². The van der Waals surface area contributed by atoms with Gasteiger partial charge in [0.15, 0.2) is 0 Å². The number of aryl methyl sites for hydroxylation is 1. The molecule has 2 aromatic carbocycles. The second kappa shape index (κ2) is 7.36. The third-order valence-electron chi connectivity index (χ3n) is 3.56. The van der Waals surface area contributed by atoms with Gasteiger partial charge < -0.3 is 4.74 Å². The second-order valence-electron chi connectivity index (χ2n) is 5.52. The molecule has 3 rings (SSSR count). The van der Waals surface area contributed by atoms with E-state index < -0.39 is 10.0 Å². The van der Waals surface area contributed by atoms with Crippen LogP contribution in [-0.4, -0.2) is 13.4 Å². The Morgan fingerprint density at radius 1 is 0.960 bits per heavy atom. The van der Waals surface area contributed by atoms with Gasteiger partial charge in [0.05, 0.1) is 16.3 Å². The molecule has 0 saturated heterocycles. The Labute approximate surface area is 147 Å². The van der Waals surface area contributed by atoms with Crippen molar-refractivity contribution < 1.29 is 13.2 Å². The van der Waals surface area contributed by atoms with Crippen LogP contribution in [-0.2, 0) is 16.6 Å². The first-order chi connectivity index (χ1) is 12.0. The summed E-state index contributed by atoms with van der Waals surface area (Å²) in [5, 5.41) is 0. The maximum atomic E-state index is 12.6. The van der Waals surface area contributed by atoms with Crippen LogP contribution in [0.1, 0.15) is 11.3 Å². The predicted molar refractivity (Wildman–Crippen MR) is 97.0 cm³/mol. The first-order valence-corrected chi connectivity index (χ1v) is 9.24. The van der Waals surface area contributed by atoms with Crippen molar-refractivity contribution in [2.75, 3.05) is 4.72 Å². The van der Waals surface area contributed by atoms with Crippen molar-refractivity contribution in [3.8, 4) is 5.75 Å². The van der Waals surface area contributed by atoms with Crippen molar-refractivity contribution in [3.05, 3.63) is 84.2 Å². The van der Waals surface area contributed by atoms with E-state index in [1.54, 1.807) is 54.7 Å². The molecule has 0 aliphatic carbocycles. The summed E-state index contributed by atoms with van der Waals surface area (Å²) in [6, 6.07) is 19.2. The van der Waals surface area contributed by atoms with E-state index in [1.807, 2.05) is 25.1 Å². The lowest BCUT2D eigenvalue weighted by atomic mass is 10.2. The third-order valence-corrected chi connectivity index (χ3v) is 4.95. The maximum absolute atomic E-state index is 12.6. The number of nitrogens with zero attached hydrogens (tertiary/aromatic N) is 1. The minimum Gasteiger partial charge on any atom is -0.485 e. The largest absolute Gasteiger partial charge is 0.485 e. The number of nitrogens with one attached hydrogen (secondary N) is 1. The molecule has 128 valence electrons. The lowest BCUT2D eigenvalue weighted by molar-refractivity contribution is 0.303. The van der Waals surface area contributed by atoms with E-state index >= 15 is 0 Å². The standard InChI is InChI=1S/C19H18N2O3S/c1-15-9-11-17(12-10-15)25(22,23)21-18-7-2-3-8-19(18)24-14-16-6-4-5-13-20-16/h2-13,21H,14H2,1H3. The van der Waals surface area contributed by atoms with Crippen molar-refractivity contribution >= 4 is 15.7 Å². The fraction of sp³-hybridized carbons (Fsp3) is 0.105. The van der Waals surface area contributed by atoms with Gasteiger partial charge in [-0.25, -0.2) is 8.42 Å². The molecule has 0 amide bonds. The van der Waals surface area contributed by atoms with Gasteiger partial charge in [-0.05, 0) is 43.3 Å². The van der Waals surface area contributed by atoms with E-state index in [0.29, 0.717) is 11.4 Å². The van der Waals surface area contributed by atoms with Crippen molar-refractivity contribution in [1.82, 2.24) is 4.98 Å². The monoisotopic (exact) mass is 354 g/mol. The summed E-state index contributed by atoms with van der Waals surface area (Å²) < 4.78 is 33.4. The van der Waals surface area contributed by atoms with Crippen LogP contribution in [0.3, 0.4) is 0 Å². The van der Waals surface area contributed by atoms with Crippen LogP contribution in [0.5, 0.6) is 5.75 Å². The number of benzene rings is 2. The van der Waals surface area contributed by atoms with Crippen molar-refractivity contribution in [2.45, 2.75) is 18.4 Å². The summed E-state index contributed by atoms with van der Waals surface area (Å²) in [6.45, 7) is 2.16. The van der Waals surface area contributed by atoms with Gasteiger partial charge in [-0.15, -0.1) is 0 Å². The smallest absolute Gasteiger partial charge is 0.262 e. The van der Waals surface area contributed by atoms with Gasteiger partial charge >= 0.3 is 0 Å². The molecule has 0 bridgehead atoms. The minimum absolute atomic E-state index is 0.206. The summed E-state index contributed by atoms with van der Waals surface area (Å²) in [5.74, 6) is 0.448.